The molecule has 0 aromatic heterocycles. The summed E-state index contributed by atoms with van der Waals surface area (Å²) in [4.78, 5) is 0. The predicted molar refractivity (Wildman–Crippen MR) is 91.3 cm³/mol. The van der Waals surface area contributed by atoms with Crippen molar-refractivity contribution in [2.45, 2.75) is 44.9 Å². The van der Waals surface area contributed by atoms with Gasteiger partial charge < -0.3 is 11.5 Å². The maximum atomic E-state index is 6.40. The molecule has 0 fully saturated rings. The third kappa shape index (κ3) is 1.85. The second kappa shape index (κ2) is 5.10. The first-order valence-electron chi connectivity index (χ1n) is 7.94. The lowest BCUT2D eigenvalue weighted by Gasteiger charge is -2.33. The van der Waals surface area contributed by atoms with E-state index < -0.39 is 0 Å². The average molecular weight is 280 g/mol. The molecular formula is C19H24N2. The van der Waals surface area contributed by atoms with Gasteiger partial charge in [-0.05, 0) is 47.2 Å². The molecule has 0 bridgehead atoms. The smallest absolute Gasteiger partial charge is 0.0362 e. The molecule has 1 aliphatic carbocycles. The molecule has 4 N–H and O–H groups in total. The Hall–Kier alpha value is -1.96. The highest BCUT2D eigenvalue weighted by atomic mass is 14.6. The number of hydrogen-bond acceptors (Lipinski definition) is 2. The second-order valence-corrected chi connectivity index (χ2v) is 6.12. The zero-order valence-electron chi connectivity index (χ0n) is 12.9. The maximum Gasteiger partial charge on any atom is 0.0362 e. The highest BCUT2D eigenvalue weighted by molar-refractivity contribution is 5.89. The minimum atomic E-state index is -0.00907. The van der Waals surface area contributed by atoms with Gasteiger partial charge in [-0.3, -0.25) is 0 Å². The van der Waals surface area contributed by atoms with Crippen LogP contribution in [0, 0.1) is 0 Å². The first kappa shape index (κ1) is 14.0. The summed E-state index contributed by atoms with van der Waals surface area (Å²) in [5.41, 5.74) is 19.8. The molecule has 2 aromatic carbocycles. The first-order chi connectivity index (χ1) is 10.2. The van der Waals surface area contributed by atoms with Crippen LogP contribution in [0.5, 0.6) is 0 Å². The van der Waals surface area contributed by atoms with Gasteiger partial charge in [0.1, 0.15) is 0 Å². The molecule has 0 saturated carbocycles. The molecule has 0 unspecified atom stereocenters. The first-order valence-corrected chi connectivity index (χ1v) is 7.94. The van der Waals surface area contributed by atoms with Crippen molar-refractivity contribution >= 4 is 11.4 Å². The van der Waals surface area contributed by atoms with Gasteiger partial charge in [0.25, 0.3) is 0 Å². The van der Waals surface area contributed by atoms with Gasteiger partial charge in [-0.25, -0.2) is 0 Å². The van der Waals surface area contributed by atoms with Crippen molar-refractivity contribution in [2.75, 3.05) is 11.5 Å². The third-order valence-corrected chi connectivity index (χ3v) is 4.79. The summed E-state index contributed by atoms with van der Waals surface area (Å²) in [6.07, 6.45) is 4.45. The molecule has 3 rings (SSSR count). The zero-order chi connectivity index (χ0) is 15.0. The van der Waals surface area contributed by atoms with Gasteiger partial charge in [-0.2, -0.15) is 0 Å². The van der Waals surface area contributed by atoms with E-state index in [1.807, 2.05) is 12.1 Å². The highest BCUT2D eigenvalue weighted by Crippen LogP contribution is 2.57. The highest BCUT2D eigenvalue weighted by Gasteiger charge is 2.44. The van der Waals surface area contributed by atoms with E-state index in [9.17, 15) is 0 Å². The van der Waals surface area contributed by atoms with Crippen molar-refractivity contribution in [3.05, 3.63) is 47.5 Å². The number of anilines is 2. The van der Waals surface area contributed by atoms with Crippen LogP contribution in [0.15, 0.2) is 36.4 Å². The van der Waals surface area contributed by atoms with Crippen LogP contribution in [0.4, 0.5) is 11.4 Å². The van der Waals surface area contributed by atoms with E-state index in [0.29, 0.717) is 0 Å². The molecule has 0 radical (unpaired) electrons. The lowest BCUT2D eigenvalue weighted by atomic mass is 9.70. The van der Waals surface area contributed by atoms with Crippen molar-refractivity contribution < 1.29 is 0 Å². The quantitative estimate of drug-likeness (QED) is 0.796. The molecule has 1 aliphatic rings. The van der Waals surface area contributed by atoms with Crippen LogP contribution in [-0.4, -0.2) is 0 Å². The molecule has 0 atom stereocenters. The van der Waals surface area contributed by atoms with Crippen LogP contribution >= 0.6 is 0 Å². The molecule has 0 spiro atoms. The Labute approximate surface area is 127 Å². The Morgan fingerprint density at radius 3 is 1.57 bits per heavy atom. The number of rotatable bonds is 4. The van der Waals surface area contributed by atoms with Crippen molar-refractivity contribution in [2.24, 2.45) is 0 Å². The van der Waals surface area contributed by atoms with E-state index in [1.54, 1.807) is 0 Å². The average Bonchev–Trinajstić information content (AvgIpc) is 2.73. The van der Waals surface area contributed by atoms with E-state index in [-0.39, 0.29) is 5.41 Å². The Balaban J connectivity index is 2.39. The number of benzene rings is 2. The summed E-state index contributed by atoms with van der Waals surface area (Å²) in [6, 6.07) is 12.5. The number of fused-ring (bicyclic) bond motifs is 3. The van der Waals surface area contributed by atoms with Crippen molar-refractivity contribution in [3.63, 3.8) is 0 Å². The lowest BCUT2D eigenvalue weighted by molar-refractivity contribution is 0.438. The third-order valence-electron chi connectivity index (χ3n) is 4.79. The van der Waals surface area contributed by atoms with E-state index in [2.05, 4.69) is 38.1 Å². The van der Waals surface area contributed by atoms with Gasteiger partial charge in [-0.1, -0.05) is 51.0 Å². The van der Waals surface area contributed by atoms with Crippen molar-refractivity contribution in [1.29, 1.82) is 0 Å². The molecule has 0 saturated heterocycles. The van der Waals surface area contributed by atoms with Gasteiger partial charge in [0.15, 0.2) is 0 Å². The molecule has 110 valence electrons. The molecule has 0 amide bonds. The molecule has 0 heterocycles. The summed E-state index contributed by atoms with van der Waals surface area (Å²) >= 11 is 0. The molecular weight excluding hydrogens is 256 g/mol. The fourth-order valence-corrected chi connectivity index (χ4v) is 4.26. The molecule has 2 heteroatoms. The second-order valence-electron chi connectivity index (χ2n) is 6.12. The minimum absolute atomic E-state index is 0.00907. The summed E-state index contributed by atoms with van der Waals surface area (Å²) in [5, 5.41) is 0. The molecule has 2 aromatic rings. The fraction of sp³-hybridized carbons (Fsp3) is 0.368. The summed E-state index contributed by atoms with van der Waals surface area (Å²) in [5.74, 6) is 0. The predicted octanol–water partition coefficient (Wildman–Crippen LogP) is 4.72. The van der Waals surface area contributed by atoms with Crippen LogP contribution in [0.3, 0.4) is 0 Å². The van der Waals surface area contributed by atoms with E-state index in [4.69, 9.17) is 11.5 Å². The summed E-state index contributed by atoms with van der Waals surface area (Å²) in [6.45, 7) is 4.49. The Morgan fingerprint density at radius 1 is 0.762 bits per heavy atom. The Bertz CT molecular complexity index is 614. The van der Waals surface area contributed by atoms with Gasteiger partial charge in [0.05, 0.1) is 0 Å². The maximum absolute atomic E-state index is 6.40. The van der Waals surface area contributed by atoms with Gasteiger partial charge in [0.2, 0.25) is 0 Å². The van der Waals surface area contributed by atoms with Crippen LogP contribution in [0.25, 0.3) is 11.1 Å². The Morgan fingerprint density at radius 2 is 1.19 bits per heavy atom. The van der Waals surface area contributed by atoms with Gasteiger partial charge in [0, 0.05) is 16.8 Å². The summed E-state index contributed by atoms with van der Waals surface area (Å²) in [7, 11) is 0. The van der Waals surface area contributed by atoms with Crippen LogP contribution < -0.4 is 11.5 Å². The standard InChI is InChI=1S/C19H24N2/c1-3-11-19(12-4-2)17-13(7-5-9-15(17)20)14-8-6-10-16(21)18(14)19/h5-10H,3-4,11-12,20-21H2,1-2H3. The van der Waals surface area contributed by atoms with Crippen LogP contribution in [0.2, 0.25) is 0 Å². The van der Waals surface area contributed by atoms with Crippen molar-refractivity contribution in [3.8, 4) is 11.1 Å². The number of nitrogens with two attached hydrogens (primary N) is 2. The number of hydrogen-bond donors (Lipinski definition) is 2. The number of nitrogen functional groups attached to an aromatic ring is 2. The summed E-state index contributed by atoms with van der Waals surface area (Å²) < 4.78 is 0. The SMILES string of the molecule is CCCC1(CCC)c2c(N)cccc2-c2cccc(N)c21. The van der Waals surface area contributed by atoms with Crippen molar-refractivity contribution in [1.82, 2.24) is 0 Å². The van der Waals surface area contributed by atoms with Crippen LogP contribution in [-0.2, 0) is 5.41 Å². The minimum Gasteiger partial charge on any atom is -0.398 e. The zero-order valence-corrected chi connectivity index (χ0v) is 12.9. The van der Waals surface area contributed by atoms with Crippen LogP contribution in [0.1, 0.15) is 50.7 Å². The fourth-order valence-electron chi connectivity index (χ4n) is 4.26. The molecule has 21 heavy (non-hydrogen) atoms. The monoisotopic (exact) mass is 280 g/mol. The van der Waals surface area contributed by atoms with Gasteiger partial charge >= 0.3 is 0 Å². The topological polar surface area (TPSA) is 52.0 Å². The lowest BCUT2D eigenvalue weighted by Crippen LogP contribution is -2.27. The van der Waals surface area contributed by atoms with E-state index >= 15 is 0 Å². The molecule has 0 aliphatic heterocycles. The molecule has 2 nitrogen and oxygen atoms in total. The Kier molecular flexibility index (Phi) is 3.40. The van der Waals surface area contributed by atoms with E-state index in [1.165, 1.54) is 22.3 Å². The normalized spacial score (nSPS) is 14.8. The largest absolute Gasteiger partial charge is 0.398 e. The van der Waals surface area contributed by atoms with Gasteiger partial charge in [-0.15, -0.1) is 0 Å². The van der Waals surface area contributed by atoms with E-state index in [0.717, 1.165) is 37.1 Å².